The second kappa shape index (κ2) is 14.9. The minimum absolute atomic E-state index is 0. The van der Waals surface area contributed by atoms with E-state index in [0.717, 1.165) is 5.56 Å². The van der Waals surface area contributed by atoms with Crippen molar-refractivity contribution in [1.29, 1.82) is 0 Å². The first-order valence-electron chi connectivity index (χ1n) is 11.5. The van der Waals surface area contributed by atoms with Crippen LogP contribution in [0.3, 0.4) is 0 Å². The van der Waals surface area contributed by atoms with Crippen LogP contribution in [0.25, 0.3) is 6.08 Å². The van der Waals surface area contributed by atoms with Crippen molar-refractivity contribution < 1.29 is 19.6 Å². The zero-order valence-electron chi connectivity index (χ0n) is 20.8. The highest BCUT2D eigenvalue weighted by molar-refractivity contribution is 5.97. The molecule has 0 saturated carbocycles. The molecule has 9 heteroatoms. The Morgan fingerprint density at radius 3 is 2.06 bits per heavy atom. The third kappa shape index (κ3) is 8.83. The largest absolute Gasteiger partial charge is 0.328 e. The van der Waals surface area contributed by atoms with Crippen LogP contribution >= 0.6 is 12.4 Å². The summed E-state index contributed by atoms with van der Waals surface area (Å²) < 4.78 is 0. The number of ketones is 1. The van der Waals surface area contributed by atoms with Crippen LogP contribution in [0.4, 0.5) is 0 Å². The molecule has 34 heavy (non-hydrogen) atoms. The highest BCUT2D eigenvalue weighted by atomic mass is 35.5. The highest BCUT2D eigenvalue weighted by Gasteiger charge is 2.52. The zero-order chi connectivity index (χ0) is 25.2. The number of amides is 2. The number of carbonyl (C=O) groups is 3. The summed E-state index contributed by atoms with van der Waals surface area (Å²) in [4.78, 5) is 39.9. The van der Waals surface area contributed by atoms with Crippen molar-refractivity contribution in [2.45, 2.75) is 59.9 Å². The maximum Gasteiger partial charge on any atom is 0.248 e. The lowest BCUT2D eigenvalue weighted by atomic mass is 9.60. The number of halogens is 1. The standard InChI is InChI=1S/C25H40N4O4.ClH/c1-16(2)13-20(23(31)28-27)22(24(32)29-33)25(15-17(3)4,21(30)14-18(5)26)12-11-19-9-7-6-8-10-19;/h6-12,16-18,20,22,33H,13-15,26-27H2,1-5H3,(H,28,31)(H,29,32);1H/b12-11+;/t18?,20-,22-,25?;/m1./s1. The lowest BCUT2D eigenvalue weighted by molar-refractivity contribution is -0.151. The molecule has 0 radical (unpaired) electrons. The van der Waals surface area contributed by atoms with Gasteiger partial charge in [-0.2, -0.15) is 0 Å². The number of hydrazine groups is 1. The van der Waals surface area contributed by atoms with Gasteiger partial charge >= 0.3 is 0 Å². The van der Waals surface area contributed by atoms with E-state index in [1.807, 2.05) is 58.0 Å². The molecule has 0 heterocycles. The molecular weight excluding hydrogens is 456 g/mol. The molecule has 1 aromatic carbocycles. The fraction of sp³-hybridized carbons (Fsp3) is 0.560. The molecule has 0 fully saturated rings. The van der Waals surface area contributed by atoms with Gasteiger partial charge in [0.2, 0.25) is 11.8 Å². The van der Waals surface area contributed by atoms with Crippen molar-refractivity contribution in [2.75, 3.05) is 0 Å². The number of nitrogens with two attached hydrogens (primary N) is 2. The quantitative estimate of drug-likeness (QED) is 0.122. The first-order valence-corrected chi connectivity index (χ1v) is 11.5. The van der Waals surface area contributed by atoms with Crippen molar-refractivity contribution >= 4 is 36.1 Å². The molecular formula is C25H41ClN4O4. The van der Waals surface area contributed by atoms with E-state index < -0.39 is 35.1 Å². The predicted molar refractivity (Wildman–Crippen MR) is 137 cm³/mol. The third-order valence-electron chi connectivity index (χ3n) is 5.70. The Morgan fingerprint density at radius 1 is 1.03 bits per heavy atom. The first-order chi connectivity index (χ1) is 15.5. The fourth-order valence-electron chi connectivity index (χ4n) is 4.50. The summed E-state index contributed by atoms with van der Waals surface area (Å²) >= 11 is 0. The highest BCUT2D eigenvalue weighted by Crippen LogP contribution is 2.45. The van der Waals surface area contributed by atoms with E-state index in [9.17, 15) is 19.6 Å². The van der Waals surface area contributed by atoms with Crippen molar-refractivity contribution in [3.63, 3.8) is 0 Å². The van der Waals surface area contributed by atoms with E-state index in [1.54, 1.807) is 24.6 Å². The molecule has 1 aromatic rings. The molecule has 1 rings (SSSR count). The number of benzene rings is 1. The van der Waals surface area contributed by atoms with Crippen molar-refractivity contribution in [1.82, 2.24) is 10.9 Å². The number of hydrogen-bond donors (Lipinski definition) is 5. The monoisotopic (exact) mass is 496 g/mol. The molecule has 0 saturated heterocycles. The Hall–Kier alpha value is -2.26. The fourth-order valence-corrected chi connectivity index (χ4v) is 4.50. The molecule has 0 aromatic heterocycles. The van der Waals surface area contributed by atoms with Gasteiger partial charge in [0.05, 0.1) is 17.3 Å². The molecule has 192 valence electrons. The van der Waals surface area contributed by atoms with Gasteiger partial charge in [0.1, 0.15) is 5.78 Å². The number of allylic oxidation sites excluding steroid dienone is 1. The second-order valence-corrected chi connectivity index (χ2v) is 9.69. The van der Waals surface area contributed by atoms with E-state index in [-0.39, 0.29) is 42.9 Å². The minimum atomic E-state index is -1.39. The van der Waals surface area contributed by atoms with Gasteiger partial charge in [0.15, 0.2) is 0 Å². The maximum absolute atomic E-state index is 13.8. The van der Waals surface area contributed by atoms with Crippen LogP contribution < -0.4 is 22.5 Å². The van der Waals surface area contributed by atoms with Gasteiger partial charge in [-0.1, -0.05) is 70.2 Å². The van der Waals surface area contributed by atoms with E-state index in [4.69, 9.17) is 11.6 Å². The Labute approximate surface area is 209 Å². The Balaban J connectivity index is 0.0000109. The maximum atomic E-state index is 13.8. The minimum Gasteiger partial charge on any atom is -0.328 e. The van der Waals surface area contributed by atoms with Gasteiger partial charge in [-0.3, -0.25) is 25.0 Å². The molecule has 0 spiro atoms. The van der Waals surface area contributed by atoms with Gasteiger partial charge in [-0.15, -0.1) is 12.4 Å². The third-order valence-corrected chi connectivity index (χ3v) is 5.70. The average Bonchev–Trinajstić information content (AvgIpc) is 2.75. The Kier molecular flexibility index (Phi) is 13.9. The summed E-state index contributed by atoms with van der Waals surface area (Å²) in [6.45, 7) is 9.44. The van der Waals surface area contributed by atoms with E-state index >= 15 is 0 Å². The number of Topliss-reactive ketones (excluding diaryl/α,β-unsaturated/α-hetero) is 1. The van der Waals surface area contributed by atoms with Gasteiger partial charge < -0.3 is 5.73 Å². The topological polar surface area (TPSA) is 148 Å². The first kappa shape index (κ1) is 31.7. The van der Waals surface area contributed by atoms with Gasteiger partial charge in [0.25, 0.3) is 0 Å². The Bertz CT molecular complexity index is 814. The second-order valence-electron chi connectivity index (χ2n) is 9.69. The summed E-state index contributed by atoms with van der Waals surface area (Å²) in [7, 11) is 0. The summed E-state index contributed by atoms with van der Waals surface area (Å²) in [5.74, 6) is 1.74. The predicted octanol–water partition coefficient (Wildman–Crippen LogP) is 3.23. The van der Waals surface area contributed by atoms with Crippen LogP contribution in [0, 0.1) is 29.1 Å². The van der Waals surface area contributed by atoms with Crippen molar-refractivity contribution in [3.8, 4) is 0 Å². The van der Waals surface area contributed by atoms with Gasteiger partial charge in [0, 0.05) is 12.5 Å². The number of hydrogen-bond acceptors (Lipinski definition) is 6. The van der Waals surface area contributed by atoms with Gasteiger partial charge in [-0.05, 0) is 37.2 Å². The van der Waals surface area contributed by atoms with E-state index in [0.29, 0.717) is 6.42 Å². The molecule has 0 aliphatic heterocycles. The lowest BCUT2D eigenvalue weighted by Crippen LogP contribution is -2.54. The number of rotatable bonds is 13. The normalized spacial score (nSPS) is 15.8. The van der Waals surface area contributed by atoms with E-state index in [1.165, 1.54) is 0 Å². The average molecular weight is 497 g/mol. The molecule has 8 nitrogen and oxygen atoms in total. The van der Waals surface area contributed by atoms with Crippen LogP contribution in [-0.4, -0.2) is 28.8 Å². The molecule has 0 aliphatic carbocycles. The molecule has 2 amide bonds. The molecule has 0 bridgehead atoms. The zero-order valence-corrected chi connectivity index (χ0v) is 21.6. The molecule has 0 aliphatic rings. The summed E-state index contributed by atoms with van der Waals surface area (Å²) in [5, 5.41) is 9.67. The van der Waals surface area contributed by atoms with Crippen LogP contribution in [0.5, 0.6) is 0 Å². The lowest BCUT2D eigenvalue weighted by Gasteiger charge is -2.41. The summed E-state index contributed by atoms with van der Waals surface area (Å²) in [6.07, 6.45) is 4.09. The SMILES string of the molecule is CC(C)C[C@@H](C(=O)NN)[C@H](C(=O)NO)C(/C=C/c1ccccc1)(CC(C)C)C(=O)CC(C)N.Cl. The molecule has 4 atom stereocenters. The summed E-state index contributed by atoms with van der Waals surface area (Å²) in [5.41, 5.74) is 9.29. The number of nitrogens with one attached hydrogen (secondary N) is 2. The summed E-state index contributed by atoms with van der Waals surface area (Å²) in [6, 6.07) is 8.94. The van der Waals surface area contributed by atoms with Crippen molar-refractivity contribution in [3.05, 3.63) is 42.0 Å². The van der Waals surface area contributed by atoms with Crippen molar-refractivity contribution in [2.24, 2.45) is 40.7 Å². The van der Waals surface area contributed by atoms with Crippen LogP contribution in [0.15, 0.2) is 36.4 Å². The van der Waals surface area contributed by atoms with Gasteiger partial charge in [-0.25, -0.2) is 11.3 Å². The number of carbonyl (C=O) groups excluding carboxylic acids is 3. The molecule has 2 unspecified atom stereocenters. The van der Waals surface area contributed by atoms with Crippen LogP contribution in [0.2, 0.25) is 0 Å². The Morgan fingerprint density at radius 2 is 1.62 bits per heavy atom. The van der Waals surface area contributed by atoms with E-state index in [2.05, 4.69) is 5.43 Å². The smallest absolute Gasteiger partial charge is 0.248 e. The van der Waals surface area contributed by atoms with Crippen LogP contribution in [-0.2, 0) is 14.4 Å². The number of hydroxylamine groups is 1. The molecule has 7 N–H and O–H groups in total. The van der Waals surface area contributed by atoms with Crippen LogP contribution in [0.1, 0.15) is 59.4 Å².